The molecule has 1 aliphatic carbocycles. The number of aromatic nitrogens is 2. The standard InChI is InChI=1S/C17H22ClN3S/c1-10-6-7-12-13(9-10)22-16-14(12)15(19-17(18)20-16)21-8-4-3-5-11(21)2/h10-11H,3-9H2,1-2H3. The van der Waals surface area contributed by atoms with Gasteiger partial charge in [-0.25, -0.2) is 4.98 Å². The Morgan fingerprint density at radius 2 is 2.05 bits per heavy atom. The number of hydrogen-bond donors (Lipinski definition) is 0. The molecule has 2 aromatic rings. The second kappa shape index (κ2) is 5.64. The monoisotopic (exact) mass is 335 g/mol. The summed E-state index contributed by atoms with van der Waals surface area (Å²) >= 11 is 8.08. The molecule has 2 unspecified atom stereocenters. The smallest absolute Gasteiger partial charge is 0.225 e. The first kappa shape index (κ1) is 14.7. The number of aryl methyl sites for hydroxylation is 1. The van der Waals surface area contributed by atoms with Gasteiger partial charge in [-0.3, -0.25) is 0 Å². The van der Waals surface area contributed by atoms with Gasteiger partial charge >= 0.3 is 0 Å². The quantitative estimate of drug-likeness (QED) is 0.698. The maximum Gasteiger partial charge on any atom is 0.225 e. The molecule has 0 N–H and O–H groups in total. The van der Waals surface area contributed by atoms with E-state index < -0.39 is 0 Å². The summed E-state index contributed by atoms with van der Waals surface area (Å²) in [4.78, 5) is 14.3. The zero-order valence-corrected chi connectivity index (χ0v) is 14.8. The Morgan fingerprint density at radius 1 is 1.18 bits per heavy atom. The Morgan fingerprint density at radius 3 is 2.86 bits per heavy atom. The van der Waals surface area contributed by atoms with Gasteiger partial charge in [-0.2, -0.15) is 4.98 Å². The van der Waals surface area contributed by atoms with Crippen LogP contribution in [0.5, 0.6) is 0 Å². The molecule has 1 saturated heterocycles. The van der Waals surface area contributed by atoms with Crippen LogP contribution in [-0.2, 0) is 12.8 Å². The van der Waals surface area contributed by atoms with Crippen molar-refractivity contribution in [1.29, 1.82) is 0 Å². The van der Waals surface area contributed by atoms with Crippen molar-refractivity contribution in [3.05, 3.63) is 15.7 Å². The van der Waals surface area contributed by atoms with Gasteiger partial charge in [0.15, 0.2) is 0 Å². The summed E-state index contributed by atoms with van der Waals surface area (Å²) in [5, 5.41) is 1.69. The third-order valence-corrected chi connectivity index (χ3v) is 6.50. The lowest BCUT2D eigenvalue weighted by molar-refractivity contribution is 0.481. The molecule has 0 radical (unpaired) electrons. The molecule has 2 atom stereocenters. The van der Waals surface area contributed by atoms with Gasteiger partial charge in [-0.1, -0.05) is 6.92 Å². The van der Waals surface area contributed by atoms with E-state index in [2.05, 4.69) is 28.7 Å². The van der Waals surface area contributed by atoms with E-state index in [1.165, 1.54) is 47.9 Å². The molecule has 3 heterocycles. The van der Waals surface area contributed by atoms with Crippen LogP contribution in [0.2, 0.25) is 5.28 Å². The number of thiophene rings is 1. The molecule has 1 fully saturated rings. The lowest BCUT2D eigenvalue weighted by Gasteiger charge is -2.35. The van der Waals surface area contributed by atoms with Gasteiger partial charge in [-0.05, 0) is 68.5 Å². The molecule has 0 spiro atoms. The lowest BCUT2D eigenvalue weighted by Crippen LogP contribution is -2.38. The third kappa shape index (κ3) is 2.41. The summed E-state index contributed by atoms with van der Waals surface area (Å²) in [7, 11) is 0. The fourth-order valence-corrected chi connectivity index (χ4v) is 5.51. The Labute approximate surface area is 140 Å². The van der Waals surface area contributed by atoms with Gasteiger partial charge in [0.05, 0.1) is 5.39 Å². The van der Waals surface area contributed by atoms with Crippen LogP contribution in [-0.4, -0.2) is 22.6 Å². The number of piperidine rings is 1. The molecule has 5 heteroatoms. The van der Waals surface area contributed by atoms with Crippen LogP contribution in [0.4, 0.5) is 5.82 Å². The first-order chi connectivity index (χ1) is 10.6. The molecule has 0 bridgehead atoms. The average molecular weight is 336 g/mol. The van der Waals surface area contributed by atoms with Crippen molar-refractivity contribution in [3.8, 4) is 0 Å². The number of anilines is 1. The normalized spacial score (nSPS) is 25.5. The minimum atomic E-state index is 0.395. The average Bonchev–Trinajstić information content (AvgIpc) is 2.83. The van der Waals surface area contributed by atoms with Crippen LogP contribution < -0.4 is 4.90 Å². The Kier molecular flexibility index (Phi) is 3.77. The van der Waals surface area contributed by atoms with Crippen LogP contribution in [0.1, 0.15) is 50.0 Å². The summed E-state index contributed by atoms with van der Waals surface area (Å²) in [6.07, 6.45) is 7.43. The van der Waals surface area contributed by atoms with Crippen molar-refractivity contribution >= 4 is 39.0 Å². The maximum absolute atomic E-state index is 6.24. The van der Waals surface area contributed by atoms with E-state index in [1.54, 1.807) is 0 Å². The first-order valence-corrected chi connectivity index (χ1v) is 9.57. The molecule has 0 aromatic carbocycles. The fraction of sp³-hybridized carbons (Fsp3) is 0.647. The molecule has 1 aliphatic heterocycles. The van der Waals surface area contributed by atoms with Crippen molar-refractivity contribution in [3.63, 3.8) is 0 Å². The van der Waals surface area contributed by atoms with Crippen molar-refractivity contribution in [1.82, 2.24) is 9.97 Å². The SMILES string of the molecule is CC1CCc2c(sc3nc(Cl)nc(N4CCCCC4C)c23)C1. The Balaban J connectivity index is 1.90. The molecule has 0 amide bonds. The highest BCUT2D eigenvalue weighted by molar-refractivity contribution is 7.19. The molecular formula is C17H22ClN3S. The second-order valence-corrected chi connectivity index (χ2v) is 8.31. The van der Waals surface area contributed by atoms with Crippen LogP contribution >= 0.6 is 22.9 Å². The van der Waals surface area contributed by atoms with Crippen LogP contribution in [0, 0.1) is 5.92 Å². The number of halogens is 1. The van der Waals surface area contributed by atoms with E-state index in [9.17, 15) is 0 Å². The zero-order chi connectivity index (χ0) is 15.3. The number of fused-ring (bicyclic) bond motifs is 3. The van der Waals surface area contributed by atoms with Crippen molar-refractivity contribution < 1.29 is 0 Å². The van der Waals surface area contributed by atoms with Gasteiger partial charge in [0, 0.05) is 17.5 Å². The maximum atomic E-state index is 6.24. The molecular weight excluding hydrogens is 314 g/mol. The summed E-state index contributed by atoms with van der Waals surface area (Å²) in [6.45, 7) is 5.74. The largest absolute Gasteiger partial charge is 0.353 e. The molecule has 2 aliphatic rings. The van der Waals surface area contributed by atoms with Gasteiger partial charge in [0.1, 0.15) is 10.6 Å². The van der Waals surface area contributed by atoms with E-state index >= 15 is 0 Å². The topological polar surface area (TPSA) is 29.0 Å². The van der Waals surface area contributed by atoms with Crippen molar-refractivity contribution in [2.24, 2.45) is 5.92 Å². The Bertz CT molecular complexity index is 711. The number of hydrogen-bond acceptors (Lipinski definition) is 4. The number of nitrogens with zero attached hydrogens (tertiary/aromatic N) is 3. The van der Waals surface area contributed by atoms with Crippen LogP contribution in [0.15, 0.2) is 0 Å². The third-order valence-electron chi connectivity index (χ3n) is 5.18. The molecule has 118 valence electrons. The van der Waals surface area contributed by atoms with E-state index in [4.69, 9.17) is 11.6 Å². The summed E-state index contributed by atoms with van der Waals surface area (Å²) in [5.41, 5.74) is 1.50. The Hall–Kier alpha value is -0.870. The predicted octanol–water partition coefficient (Wildman–Crippen LogP) is 4.85. The van der Waals surface area contributed by atoms with Crippen LogP contribution in [0.25, 0.3) is 10.2 Å². The summed E-state index contributed by atoms with van der Waals surface area (Å²) in [6, 6.07) is 0.543. The van der Waals surface area contributed by atoms with Crippen molar-refractivity contribution in [2.45, 2.75) is 58.4 Å². The first-order valence-electron chi connectivity index (χ1n) is 8.38. The summed E-state index contributed by atoms with van der Waals surface area (Å²) in [5.74, 6) is 1.87. The molecule has 2 aromatic heterocycles. The van der Waals surface area contributed by atoms with Gasteiger partial charge < -0.3 is 4.90 Å². The minimum absolute atomic E-state index is 0.395. The molecule has 4 rings (SSSR count). The highest BCUT2D eigenvalue weighted by atomic mass is 35.5. The van der Waals surface area contributed by atoms with Gasteiger partial charge in [-0.15, -0.1) is 11.3 Å². The van der Waals surface area contributed by atoms with E-state index in [1.807, 2.05) is 11.3 Å². The van der Waals surface area contributed by atoms with E-state index in [0.717, 1.165) is 29.5 Å². The van der Waals surface area contributed by atoms with Crippen LogP contribution in [0.3, 0.4) is 0 Å². The number of rotatable bonds is 1. The van der Waals surface area contributed by atoms with Gasteiger partial charge in [0.2, 0.25) is 5.28 Å². The molecule has 3 nitrogen and oxygen atoms in total. The minimum Gasteiger partial charge on any atom is -0.353 e. The molecule has 0 saturated carbocycles. The highest BCUT2D eigenvalue weighted by Gasteiger charge is 2.28. The highest BCUT2D eigenvalue weighted by Crippen LogP contribution is 2.42. The predicted molar refractivity (Wildman–Crippen MR) is 94.3 cm³/mol. The zero-order valence-electron chi connectivity index (χ0n) is 13.2. The summed E-state index contributed by atoms with van der Waals surface area (Å²) < 4.78 is 0. The van der Waals surface area contributed by atoms with Crippen molar-refractivity contribution in [2.75, 3.05) is 11.4 Å². The van der Waals surface area contributed by atoms with E-state index in [0.29, 0.717) is 11.3 Å². The molecule has 22 heavy (non-hydrogen) atoms. The lowest BCUT2D eigenvalue weighted by atomic mass is 9.89. The van der Waals surface area contributed by atoms with Gasteiger partial charge in [0.25, 0.3) is 0 Å². The van der Waals surface area contributed by atoms with E-state index in [-0.39, 0.29) is 0 Å². The second-order valence-electron chi connectivity index (χ2n) is 6.89. The fourth-order valence-electron chi connectivity index (χ4n) is 3.92.